The molecule has 1 aliphatic heterocycles. The van der Waals surface area contributed by atoms with Crippen LogP contribution in [0.5, 0.6) is 0 Å². The number of aryl methyl sites for hydroxylation is 1. The highest BCUT2D eigenvalue weighted by molar-refractivity contribution is 9.10. The molecule has 0 N–H and O–H groups in total. The van der Waals surface area contributed by atoms with E-state index in [1.807, 2.05) is 40.7 Å². The minimum absolute atomic E-state index is 0.305. The summed E-state index contributed by atoms with van der Waals surface area (Å²) in [5.41, 5.74) is 0.363. The zero-order valence-corrected chi connectivity index (χ0v) is 12.9. The lowest BCUT2D eigenvalue weighted by molar-refractivity contribution is 0.00578. The van der Waals surface area contributed by atoms with Crippen LogP contribution in [0.4, 0.5) is 4.39 Å². The molecule has 0 radical (unpaired) electrons. The van der Waals surface area contributed by atoms with Gasteiger partial charge in [0.05, 0.1) is 11.2 Å². The molecule has 0 amide bonds. The zero-order valence-electron chi connectivity index (χ0n) is 11.3. The Bertz CT molecular complexity index is 449. The summed E-state index contributed by atoms with van der Waals surface area (Å²) >= 11 is 3.38. The van der Waals surface area contributed by atoms with E-state index in [4.69, 9.17) is 9.31 Å². The molecule has 0 unspecified atom stereocenters. The smallest absolute Gasteiger partial charge is 0.399 e. The summed E-state index contributed by atoms with van der Waals surface area (Å²) in [4.78, 5) is 0. The van der Waals surface area contributed by atoms with Crippen LogP contribution in [0, 0.1) is 12.7 Å². The number of benzene rings is 1. The van der Waals surface area contributed by atoms with Gasteiger partial charge in [-0.1, -0.05) is 15.9 Å². The molecule has 0 spiro atoms. The maximum absolute atomic E-state index is 14.1. The van der Waals surface area contributed by atoms with E-state index in [-0.39, 0.29) is 5.82 Å². The van der Waals surface area contributed by atoms with E-state index in [1.165, 1.54) is 6.07 Å². The number of hydrogen-bond donors (Lipinski definition) is 0. The van der Waals surface area contributed by atoms with Crippen LogP contribution in [0.25, 0.3) is 0 Å². The third-order valence-electron chi connectivity index (χ3n) is 3.71. The molecule has 0 saturated carbocycles. The molecule has 2 nitrogen and oxygen atoms in total. The van der Waals surface area contributed by atoms with Gasteiger partial charge in [0.1, 0.15) is 5.82 Å². The van der Waals surface area contributed by atoms with Crippen molar-refractivity contribution in [3.05, 3.63) is 28.0 Å². The molecule has 5 heteroatoms. The van der Waals surface area contributed by atoms with Gasteiger partial charge >= 0.3 is 7.12 Å². The van der Waals surface area contributed by atoms with Crippen molar-refractivity contribution in [2.45, 2.75) is 45.8 Å². The van der Waals surface area contributed by atoms with Crippen LogP contribution < -0.4 is 5.46 Å². The van der Waals surface area contributed by atoms with Gasteiger partial charge in [-0.3, -0.25) is 0 Å². The highest BCUT2D eigenvalue weighted by Gasteiger charge is 2.52. The fourth-order valence-corrected chi connectivity index (χ4v) is 2.63. The number of halogens is 2. The maximum atomic E-state index is 14.1. The molecule has 0 atom stereocenters. The molecule has 1 saturated heterocycles. The quantitative estimate of drug-likeness (QED) is 0.741. The normalized spacial score (nSPS) is 21.4. The third kappa shape index (κ3) is 2.24. The largest absolute Gasteiger partial charge is 0.499 e. The van der Waals surface area contributed by atoms with E-state index >= 15 is 0 Å². The van der Waals surface area contributed by atoms with Crippen LogP contribution in [0.15, 0.2) is 16.6 Å². The Kier molecular flexibility index (Phi) is 3.37. The second-order valence-electron chi connectivity index (χ2n) is 5.73. The first kappa shape index (κ1) is 14.0. The lowest BCUT2D eigenvalue weighted by atomic mass is 9.78. The van der Waals surface area contributed by atoms with Gasteiger partial charge in [0.2, 0.25) is 0 Å². The van der Waals surface area contributed by atoms with Crippen molar-refractivity contribution in [3.63, 3.8) is 0 Å². The molecule has 18 heavy (non-hydrogen) atoms. The molecular formula is C13H17BBrFO2. The summed E-state index contributed by atoms with van der Waals surface area (Å²) in [7, 11) is -0.676. The van der Waals surface area contributed by atoms with Crippen molar-refractivity contribution < 1.29 is 13.7 Å². The minimum Gasteiger partial charge on any atom is -0.399 e. The van der Waals surface area contributed by atoms with Crippen molar-refractivity contribution in [3.8, 4) is 0 Å². The molecule has 0 aliphatic carbocycles. The average molecular weight is 315 g/mol. The molecule has 2 rings (SSSR count). The van der Waals surface area contributed by atoms with Crippen LogP contribution >= 0.6 is 15.9 Å². The molecule has 1 heterocycles. The lowest BCUT2D eigenvalue weighted by Crippen LogP contribution is -2.41. The molecule has 0 bridgehead atoms. The molecule has 98 valence electrons. The second-order valence-corrected chi connectivity index (χ2v) is 6.58. The van der Waals surface area contributed by atoms with E-state index < -0.39 is 18.3 Å². The molecule has 1 aromatic rings. The molecule has 1 aliphatic rings. The fourth-order valence-electron chi connectivity index (χ4n) is 1.90. The zero-order chi connectivity index (χ0) is 13.7. The monoisotopic (exact) mass is 314 g/mol. The Morgan fingerprint density at radius 2 is 1.61 bits per heavy atom. The topological polar surface area (TPSA) is 18.5 Å². The SMILES string of the molecule is Cc1cc(F)c(B2OC(C)(C)C(C)(C)O2)c(Br)c1. The number of rotatable bonds is 1. The standard InChI is InChI=1S/C13H17BBrFO2/c1-8-6-9(15)11(10(16)7-8)14-17-12(2,3)13(4,5)18-14/h6-7H,1-5H3. The van der Waals surface area contributed by atoms with Crippen molar-refractivity contribution >= 4 is 28.5 Å². The van der Waals surface area contributed by atoms with Crippen LogP contribution in [-0.4, -0.2) is 18.3 Å². The van der Waals surface area contributed by atoms with Crippen molar-refractivity contribution in [2.75, 3.05) is 0 Å². The van der Waals surface area contributed by atoms with Gasteiger partial charge in [-0.05, 0) is 52.3 Å². The summed E-state index contributed by atoms with van der Waals surface area (Å²) < 4.78 is 26.5. The molecule has 0 aromatic heterocycles. The Morgan fingerprint density at radius 3 is 2.06 bits per heavy atom. The van der Waals surface area contributed by atoms with Gasteiger partial charge in [0.15, 0.2) is 0 Å². The van der Waals surface area contributed by atoms with Crippen LogP contribution in [0.1, 0.15) is 33.3 Å². The lowest BCUT2D eigenvalue weighted by Gasteiger charge is -2.32. The van der Waals surface area contributed by atoms with E-state index in [2.05, 4.69) is 15.9 Å². The Hall–Kier alpha value is -0.385. The molecule has 1 fully saturated rings. The van der Waals surface area contributed by atoms with Crippen LogP contribution in [0.2, 0.25) is 0 Å². The van der Waals surface area contributed by atoms with E-state index in [9.17, 15) is 4.39 Å². The van der Waals surface area contributed by atoms with Crippen LogP contribution in [0.3, 0.4) is 0 Å². The molecule has 1 aromatic carbocycles. The van der Waals surface area contributed by atoms with Crippen molar-refractivity contribution in [1.82, 2.24) is 0 Å². The molecular weight excluding hydrogens is 298 g/mol. The Morgan fingerprint density at radius 1 is 1.11 bits per heavy atom. The van der Waals surface area contributed by atoms with Crippen molar-refractivity contribution in [2.24, 2.45) is 0 Å². The predicted octanol–water partition coefficient (Wildman–Crippen LogP) is 3.20. The highest BCUT2D eigenvalue weighted by atomic mass is 79.9. The number of hydrogen-bond acceptors (Lipinski definition) is 2. The van der Waals surface area contributed by atoms with Gasteiger partial charge in [0.25, 0.3) is 0 Å². The van der Waals surface area contributed by atoms with E-state index in [0.29, 0.717) is 9.94 Å². The highest BCUT2D eigenvalue weighted by Crippen LogP contribution is 2.37. The first-order valence-corrected chi connectivity index (χ1v) is 6.74. The van der Waals surface area contributed by atoms with Gasteiger partial charge in [-0.25, -0.2) is 4.39 Å². The Labute approximate surface area is 116 Å². The average Bonchev–Trinajstić information content (AvgIpc) is 2.32. The Balaban J connectivity index is 2.42. The summed E-state index contributed by atoms with van der Waals surface area (Å²) in [6.45, 7) is 9.65. The second kappa shape index (κ2) is 4.32. The summed E-state index contributed by atoms with van der Waals surface area (Å²) in [6.07, 6.45) is 0. The van der Waals surface area contributed by atoms with E-state index in [0.717, 1.165) is 5.56 Å². The maximum Gasteiger partial charge on any atom is 0.499 e. The first-order chi connectivity index (χ1) is 8.14. The van der Waals surface area contributed by atoms with Gasteiger partial charge in [-0.15, -0.1) is 0 Å². The van der Waals surface area contributed by atoms with Gasteiger partial charge in [0, 0.05) is 9.94 Å². The fraction of sp³-hybridized carbons (Fsp3) is 0.538. The van der Waals surface area contributed by atoms with Gasteiger partial charge < -0.3 is 9.31 Å². The minimum atomic E-state index is -0.676. The summed E-state index contributed by atoms with van der Waals surface area (Å²) in [6, 6.07) is 3.36. The van der Waals surface area contributed by atoms with Gasteiger partial charge in [-0.2, -0.15) is 0 Å². The third-order valence-corrected chi connectivity index (χ3v) is 4.37. The van der Waals surface area contributed by atoms with Crippen LogP contribution in [-0.2, 0) is 9.31 Å². The summed E-state index contributed by atoms with van der Waals surface area (Å²) in [5.74, 6) is -0.305. The van der Waals surface area contributed by atoms with E-state index in [1.54, 1.807) is 0 Å². The van der Waals surface area contributed by atoms with Crippen molar-refractivity contribution in [1.29, 1.82) is 0 Å². The summed E-state index contributed by atoms with van der Waals surface area (Å²) in [5, 5.41) is 0. The first-order valence-electron chi connectivity index (χ1n) is 5.95. The predicted molar refractivity (Wildman–Crippen MR) is 74.6 cm³/mol.